The number of thiocarbonyl (C=S) groups is 1. The number of ether oxygens (including phenoxy) is 1. The van der Waals surface area contributed by atoms with Gasteiger partial charge in [-0.15, -0.1) is 0 Å². The van der Waals surface area contributed by atoms with E-state index in [1.165, 1.54) is 12.1 Å². The van der Waals surface area contributed by atoms with E-state index in [0.29, 0.717) is 16.5 Å². The van der Waals surface area contributed by atoms with Crippen LogP contribution in [0.3, 0.4) is 0 Å². The number of nitrogens with one attached hydrogen (secondary N) is 2. The molecule has 10 heteroatoms. The standard InChI is InChI=1S/C17H14BrN5O3S/c18-12-1-7-16(8-2-12)26-11-22-10-14(9-19-22)21-17(27)20-13-3-5-15(6-4-13)23(24)25/h1-10H,11H2,(H2,20,21,27). The second-order valence-electron chi connectivity index (χ2n) is 5.38. The lowest BCUT2D eigenvalue weighted by molar-refractivity contribution is -0.384. The zero-order valence-corrected chi connectivity index (χ0v) is 16.2. The predicted molar refractivity (Wildman–Crippen MR) is 110 cm³/mol. The highest BCUT2D eigenvalue weighted by molar-refractivity contribution is 9.10. The van der Waals surface area contributed by atoms with Crippen molar-refractivity contribution in [3.8, 4) is 5.75 Å². The first-order valence-corrected chi connectivity index (χ1v) is 8.93. The molecule has 2 aromatic carbocycles. The van der Waals surface area contributed by atoms with Crippen LogP contribution in [-0.4, -0.2) is 19.8 Å². The molecule has 0 unspecified atom stereocenters. The van der Waals surface area contributed by atoms with Crippen LogP contribution < -0.4 is 15.4 Å². The van der Waals surface area contributed by atoms with Gasteiger partial charge in [-0.05, 0) is 48.6 Å². The number of halogens is 1. The van der Waals surface area contributed by atoms with Gasteiger partial charge in [-0.1, -0.05) is 15.9 Å². The third-order valence-electron chi connectivity index (χ3n) is 3.40. The summed E-state index contributed by atoms with van der Waals surface area (Å²) >= 11 is 8.61. The number of nitro groups is 1. The smallest absolute Gasteiger partial charge is 0.269 e. The lowest BCUT2D eigenvalue weighted by Crippen LogP contribution is -2.18. The van der Waals surface area contributed by atoms with Gasteiger partial charge in [0.05, 0.1) is 23.0 Å². The predicted octanol–water partition coefficient (Wildman–Crippen LogP) is 4.40. The highest BCUT2D eigenvalue weighted by Gasteiger charge is 2.06. The first-order valence-electron chi connectivity index (χ1n) is 7.73. The maximum absolute atomic E-state index is 10.7. The molecule has 0 aliphatic rings. The minimum Gasteiger partial charge on any atom is -0.471 e. The van der Waals surface area contributed by atoms with Crippen molar-refractivity contribution >= 4 is 50.3 Å². The van der Waals surface area contributed by atoms with Crippen LogP contribution in [0.4, 0.5) is 17.1 Å². The van der Waals surface area contributed by atoms with Crippen molar-refractivity contribution in [3.63, 3.8) is 0 Å². The summed E-state index contributed by atoms with van der Waals surface area (Å²) in [6, 6.07) is 13.5. The summed E-state index contributed by atoms with van der Waals surface area (Å²) in [6.45, 7) is 0.256. The molecule has 0 radical (unpaired) electrons. The number of aromatic nitrogens is 2. The molecule has 27 heavy (non-hydrogen) atoms. The number of rotatable bonds is 6. The third-order valence-corrected chi connectivity index (χ3v) is 4.14. The van der Waals surface area contributed by atoms with Gasteiger partial charge in [0, 0.05) is 22.3 Å². The number of benzene rings is 2. The van der Waals surface area contributed by atoms with Gasteiger partial charge in [-0.2, -0.15) is 5.10 Å². The minimum atomic E-state index is -0.453. The van der Waals surface area contributed by atoms with Crippen LogP contribution in [0, 0.1) is 10.1 Å². The van der Waals surface area contributed by atoms with Crippen LogP contribution in [0.2, 0.25) is 0 Å². The van der Waals surface area contributed by atoms with Gasteiger partial charge in [0.15, 0.2) is 11.8 Å². The molecule has 3 rings (SSSR count). The molecular weight excluding hydrogens is 434 g/mol. The van der Waals surface area contributed by atoms with Crippen molar-refractivity contribution in [3.05, 3.63) is 75.5 Å². The summed E-state index contributed by atoms with van der Waals surface area (Å²) in [5.74, 6) is 0.735. The Labute approximate surface area is 168 Å². The molecule has 1 heterocycles. The molecule has 0 fully saturated rings. The highest BCUT2D eigenvalue weighted by Crippen LogP contribution is 2.17. The second kappa shape index (κ2) is 8.60. The van der Waals surface area contributed by atoms with Crippen molar-refractivity contribution in [2.45, 2.75) is 6.73 Å². The fraction of sp³-hybridized carbons (Fsp3) is 0.0588. The van der Waals surface area contributed by atoms with Gasteiger partial charge in [0.2, 0.25) is 0 Å². The topological polar surface area (TPSA) is 94.3 Å². The van der Waals surface area contributed by atoms with E-state index >= 15 is 0 Å². The number of hydrogen-bond acceptors (Lipinski definition) is 5. The molecule has 0 bridgehead atoms. The zero-order chi connectivity index (χ0) is 19.2. The first-order chi connectivity index (χ1) is 13.0. The van der Waals surface area contributed by atoms with Gasteiger partial charge in [-0.25, -0.2) is 4.68 Å². The summed E-state index contributed by atoms with van der Waals surface area (Å²) in [5, 5.41) is 21.2. The SMILES string of the molecule is O=[N+]([O-])c1ccc(NC(=S)Nc2cnn(COc3ccc(Br)cc3)c2)cc1. The van der Waals surface area contributed by atoms with Gasteiger partial charge in [0.25, 0.3) is 5.69 Å². The monoisotopic (exact) mass is 447 g/mol. The van der Waals surface area contributed by atoms with Gasteiger partial charge < -0.3 is 15.4 Å². The average molecular weight is 448 g/mol. The molecule has 0 aliphatic heterocycles. The normalized spacial score (nSPS) is 10.3. The number of anilines is 2. The molecule has 8 nitrogen and oxygen atoms in total. The molecule has 3 aromatic rings. The van der Waals surface area contributed by atoms with Gasteiger partial charge in [0.1, 0.15) is 5.75 Å². The van der Waals surface area contributed by atoms with Crippen molar-refractivity contribution in [2.24, 2.45) is 0 Å². The van der Waals surface area contributed by atoms with Crippen molar-refractivity contribution in [1.82, 2.24) is 9.78 Å². The Kier molecular flexibility index (Phi) is 5.99. The van der Waals surface area contributed by atoms with E-state index in [1.54, 1.807) is 29.2 Å². The molecule has 138 valence electrons. The molecule has 2 N–H and O–H groups in total. The van der Waals surface area contributed by atoms with Crippen LogP contribution in [0.25, 0.3) is 0 Å². The lowest BCUT2D eigenvalue weighted by atomic mass is 10.3. The van der Waals surface area contributed by atoms with Crippen LogP contribution in [0.15, 0.2) is 65.4 Å². The number of nitrogens with zero attached hydrogens (tertiary/aromatic N) is 3. The summed E-state index contributed by atoms with van der Waals surface area (Å²) in [5.41, 5.74) is 1.35. The molecule has 1 aromatic heterocycles. The van der Waals surface area contributed by atoms with Gasteiger partial charge in [-0.3, -0.25) is 10.1 Å². The van der Waals surface area contributed by atoms with E-state index in [2.05, 4.69) is 31.7 Å². The lowest BCUT2D eigenvalue weighted by Gasteiger charge is -2.08. The third kappa shape index (κ3) is 5.50. The van der Waals surface area contributed by atoms with Crippen LogP contribution in [0.5, 0.6) is 5.75 Å². The van der Waals surface area contributed by atoms with Crippen molar-refractivity contribution < 1.29 is 9.66 Å². The molecular formula is C17H14BrN5O3S. The fourth-order valence-corrected chi connectivity index (χ4v) is 2.63. The molecule has 0 atom stereocenters. The molecule has 0 saturated heterocycles. The van der Waals surface area contributed by atoms with Crippen molar-refractivity contribution in [2.75, 3.05) is 10.6 Å². The summed E-state index contributed by atoms with van der Waals surface area (Å²) in [7, 11) is 0. The zero-order valence-electron chi connectivity index (χ0n) is 13.8. The maximum atomic E-state index is 10.7. The van der Waals surface area contributed by atoms with E-state index in [4.69, 9.17) is 17.0 Å². The van der Waals surface area contributed by atoms with E-state index in [0.717, 1.165) is 10.2 Å². The Balaban J connectivity index is 1.51. The van der Waals surface area contributed by atoms with Crippen molar-refractivity contribution in [1.29, 1.82) is 0 Å². The number of hydrogen-bond donors (Lipinski definition) is 2. The van der Waals surface area contributed by atoms with E-state index in [9.17, 15) is 10.1 Å². The summed E-state index contributed by atoms with van der Waals surface area (Å²) < 4.78 is 8.24. The maximum Gasteiger partial charge on any atom is 0.269 e. The molecule has 0 spiro atoms. The Bertz CT molecular complexity index is 944. The number of nitro benzene ring substituents is 1. The summed E-state index contributed by atoms with van der Waals surface area (Å²) in [4.78, 5) is 10.2. The Morgan fingerprint density at radius 3 is 2.48 bits per heavy atom. The van der Waals surface area contributed by atoms with Crippen LogP contribution in [0.1, 0.15) is 0 Å². The quantitative estimate of drug-likeness (QED) is 0.328. The van der Waals surface area contributed by atoms with E-state index < -0.39 is 4.92 Å². The Hall–Kier alpha value is -2.98. The van der Waals surface area contributed by atoms with Crippen LogP contribution in [-0.2, 0) is 6.73 Å². The van der Waals surface area contributed by atoms with Gasteiger partial charge >= 0.3 is 0 Å². The highest BCUT2D eigenvalue weighted by atomic mass is 79.9. The second-order valence-corrected chi connectivity index (χ2v) is 6.70. The molecule has 0 amide bonds. The van der Waals surface area contributed by atoms with Crippen LogP contribution >= 0.6 is 28.1 Å². The average Bonchev–Trinajstić information content (AvgIpc) is 3.09. The number of non-ortho nitro benzene ring substituents is 1. The largest absolute Gasteiger partial charge is 0.471 e. The Morgan fingerprint density at radius 1 is 1.15 bits per heavy atom. The van der Waals surface area contributed by atoms with E-state index in [1.807, 2.05) is 24.3 Å². The first kappa shape index (κ1) is 18.8. The molecule has 0 saturated carbocycles. The Morgan fingerprint density at radius 2 is 1.81 bits per heavy atom. The fourth-order valence-electron chi connectivity index (χ4n) is 2.13. The minimum absolute atomic E-state index is 0.0199. The molecule has 0 aliphatic carbocycles. The van der Waals surface area contributed by atoms with E-state index in [-0.39, 0.29) is 12.4 Å². The summed E-state index contributed by atoms with van der Waals surface area (Å²) in [6.07, 6.45) is 3.37.